The van der Waals surface area contributed by atoms with Gasteiger partial charge in [-0.3, -0.25) is 0 Å². The van der Waals surface area contributed by atoms with Crippen LogP contribution in [0.15, 0.2) is 30.4 Å². The Morgan fingerprint density at radius 2 is 2.26 bits per heavy atom. The van der Waals surface area contributed by atoms with E-state index in [2.05, 4.69) is 24.4 Å². The quantitative estimate of drug-likeness (QED) is 0.680. The first-order valence-corrected chi connectivity index (χ1v) is 8.21. The number of allylic oxidation sites excluding steroid dienone is 1. The van der Waals surface area contributed by atoms with E-state index in [1.807, 2.05) is 11.0 Å². The van der Waals surface area contributed by atoms with Crippen LogP contribution in [0.3, 0.4) is 0 Å². The van der Waals surface area contributed by atoms with Crippen LogP contribution in [0.5, 0.6) is 0 Å². The Kier molecular flexibility index (Phi) is 4.37. The van der Waals surface area contributed by atoms with Gasteiger partial charge in [0.25, 0.3) is 0 Å². The third kappa shape index (κ3) is 2.83. The third-order valence-electron chi connectivity index (χ3n) is 4.45. The Labute approximate surface area is 136 Å². The summed E-state index contributed by atoms with van der Waals surface area (Å²) in [6.07, 6.45) is 6.27. The molecule has 1 fully saturated rings. The monoisotopic (exact) mass is 314 g/mol. The predicted molar refractivity (Wildman–Crippen MR) is 88.4 cm³/mol. The molecule has 0 aromatic heterocycles. The minimum atomic E-state index is -0.322. The van der Waals surface area contributed by atoms with Gasteiger partial charge < -0.3 is 15.0 Å². The number of fused-ring (bicyclic) bond motifs is 3. The molecule has 0 aliphatic carbocycles. The van der Waals surface area contributed by atoms with Crippen LogP contribution < -0.4 is 5.32 Å². The zero-order chi connectivity index (χ0) is 16.4. The molecule has 1 aromatic rings. The maximum atomic E-state index is 12.3. The van der Waals surface area contributed by atoms with E-state index in [1.165, 1.54) is 0 Å². The summed E-state index contributed by atoms with van der Waals surface area (Å²) in [5.41, 5.74) is 2.33. The average Bonchev–Trinajstić information content (AvgIpc) is 2.98. The molecule has 2 atom stereocenters. The van der Waals surface area contributed by atoms with E-state index < -0.39 is 0 Å². The highest BCUT2D eigenvalue weighted by Crippen LogP contribution is 2.44. The van der Waals surface area contributed by atoms with Crippen molar-refractivity contribution in [2.45, 2.75) is 32.7 Å². The Balaban J connectivity index is 1.99. The molecule has 5 nitrogen and oxygen atoms in total. The first-order valence-electron chi connectivity index (χ1n) is 8.21. The number of amides is 2. The van der Waals surface area contributed by atoms with Crippen LogP contribution in [0.4, 0.5) is 10.5 Å². The predicted octanol–water partition coefficient (Wildman–Crippen LogP) is 3.74. The average molecular weight is 314 g/mol. The lowest BCUT2D eigenvalue weighted by molar-refractivity contribution is 0.0526. The van der Waals surface area contributed by atoms with Crippen molar-refractivity contribution >= 4 is 17.7 Å². The fourth-order valence-electron chi connectivity index (χ4n) is 3.40. The third-order valence-corrected chi connectivity index (χ3v) is 4.45. The lowest BCUT2D eigenvalue weighted by Gasteiger charge is -2.34. The van der Waals surface area contributed by atoms with Gasteiger partial charge in [-0.2, -0.15) is 0 Å². The largest absolute Gasteiger partial charge is 0.462 e. The number of urea groups is 1. The summed E-state index contributed by atoms with van der Waals surface area (Å²) in [6, 6.07) is 5.31. The number of hydrogen-bond acceptors (Lipinski definition) is 3. The summed E-state index contributed by atoms with van der Waals surface area (Å²) in [6.45, 7) is 4.98. The highest BCUT2D eigenvalue weighted by molar-refractivity contribution is 5.96. The molecule has 1 saturated heterocycles. The molecule has 23 heavy (non-hydrogen) atoms. The van der Waals surface area contributed by atoms with Gasteiger partial charge in [-0.25, -0.2) is 9.59 Å². The van der Waals surface area contributed by atoms with Crippen LogP contribution in [-0.2, 0) is 4.74 Å². The van der Waals surface area contributed by atoms with Crippen molar-refractivity contribution in [1.29, 1.82) is 0 Å². The van der Waals surface area contributed by atoms with Crippen molar-refractivity contribution in [3.8, 4) is 0 Å². The van der Waals surface area contributed by atoms with Crippen LogP contribution in [0.1, 0.15) is 48.7 Å². The smallest absolute Gasteiger partial charge is 0.338 e. The number of anilines is 1. The molecule has 2 aliphatic heterocycles. The fourth-order valence-corrected chi connectivity index (χ4v) is 3.40. The number of rotatable bonds is 4. The van der Waals surface area contributed by atoms with Crippen molar-refractivity contribution in [3.63, 3.8) is 0 Å². The number of esters is 1. The van der Waals surface area contributed by atoms with Crippen LogP contribution in [0, 0.1) is 5.92 Å². The van der Waals surface area contributed by atoms with Crippen molar-refractivity contribution < 1.29 is 14.3 Å². The second-order valence-electron chi connectivity index (χ2n) is 5.88. The molecular formula is C18H22N2O3. The van der Waals surface area contributed by atoms with Crippen molar-refractivity contribution in [3.05, 3.63) is 41.5 Å². The molecule has 0 unspecified atom stereocenters. The summed E-state index contributed by atoms with van der Waals surface area (Å²) in [5.74, 6) is -0.0328. The van der Waals surface area contributed by atoms with Gasteiger partial charge in [0.2, 0.25) is 0 Å². The molecule has 0 radical (unpaired) electrons. The van der Waals surface area contributed by atoms with E-state index >= 15 is 0 Å². The number of benzene rings is 1. The van der Waals surface area contributed by atoms with Crippen molar-refractivity contribution in [2.75, 3.05) is 18.5 Å². The second-order valence-corrected chi connectivity index (χ2v) is 5.88. The lowest BCUT2D eigenvalue weighted by Crippen LogP contribution is -2.40. The standard InChI is InChI=1S/C18H22N2O3/c1-3-5-6-12-9-10-20-16(12)14-11-13(17(21)23-4-2)7-8-15(14)19-18(20)22/h5-8,11-12,16H,3-4,9-10H2,1-2H3,(H,19,22)/b6-5+/t12-,16+/m1/s1. The molecule has 1 N–H and O–H groups in total. The highest BCUT2D eigenvalue weighted by atomic mass is 16.5. The summed E-state index contributed by atoms with van der Waals surface area (Å²) >= 11 is 0. The van der Waals surface area contributed by atoms with Crippen LogP contribution >= 0.6 is 0 Å². The molecular weight excluding hydrogens is 292 g/mol. The molecule has 0 spiro atoms. The Bertz CT molecular complexity index is 654. The number of carbonyl (C=O) groups is 2. The topological polar surface area (TPSA) is 58.6 Å². The van der Waals surface area contributed by atoms with Crippen LogP contribution in [-0.4, -0.2) is 30.1 Å². The van der Waals surface area contributed by atoms with E-state index in [0.29, 0.717) is 12.2 Å². The molecule has 0 bridgehead atoms. The number of ether oxygens (including phenoxy) is 1. The summed E-state index contributed by atoms with van der Waals surface area (Å²) < 4.78 is 5.09. The van der Waals surface area contributed by atoms with Gasteiger partial charge in [0, 0.05) is 18.2 Å². The van der Waals surface area contributed by atoms with E-state index in [4.69, 9.17) is 4.74 Å². The summed E-state index contributed by atoms with van der Waals surface area (Å²) in [5, 5.41) is 2.92. The van der Waals surface area contributed by atoms with E-state index in [9.17, 15) is 9.59 Å². The van der Waals surface area contributed by atoms with Gasteiger partial charge in [-0.1, -0.05) is 19.1 Å². The lowest BCUT2D eigenvalue weighted by atomic mass is 9.90. The molecule has 2 amide bonds. The van der Waals surface area contributed by atoms with Gasteiger partial charge in [-0.15, -0.1) is 0 Å². The molecule has 5 heteroatoms. The Morgan fingerprint density at radius 3 is 3.00 bits per heavy atom. The number of carbonyl (C=O) groups excluding carboxylic acids is 2. The van der Waals surface area contributed by atoms with Gasteiger partial charge in [0.15, 0.2) is 0 Å². The molecule has 2 heterocycles. The van der Waals surface area contributed by atoms with Crippen molar-refractivity contribution in [1.82, 2.24) is 4.90 Å². The first-order chi connectivity index (χ1) is 11.2. The minimum absolute atomic E-state index is 0.00377. The minimum Gasteiger partial charge on any atom is -0.462 e. The Hall–Kier alpha value is -2.30. The molecule has 0 saturated carbocycles. The fraction of sp³-hybridized carbons (Fsp3) is 0.444. The first kappa shape index (κ1) is 15.6. The van der Waals surface area contributed by atoms with Gasteiger partial charge in [0.05, 0.1) is 18.2 Å². The highest BCUT2D eigenvalue weighted by Gasteiger charge is 2.41. The van der Waals surface area contributed by atoms with E-state index in [1.54, 1.807) is 19.1 Å². The van der Waals surface area contributed by atoms with Gasteiger partial charge >= 0.3 is 12.0 Å². The van der Waals surface area contributed by atoms with E-state index in [-0.39, 0.29) is 24.0 Å². The van der Waals surface area contributed by atoms with Crippen LogP contribution in [0.25, 0.3) is 0 Å². The SMILES string of the molecule is CC/C=C/[C@@H]1CCN2C(=O)Nc3ccc(C(=O)OCC)cc3[C@H]12. The maximum absolute atomic E-state index is 12.3. The van der Waals surface area contributed by atoms with Gasteiger partial charge in [-0.05, 0) is 43.5 Å². The van der Waals surface area contributed by atoms with E-state index in [0.717, 1.165) is 30.6 Å². The normalized spacial score (nSPS) is 22.7. The zero-order valence-electron chi connectivity index (χ0n) is 13.5. The second kappa shape index (κ2) is 6.44. The molecule has 122 valence electrons. The molecule has 2 aliphatic rings. The number of nitrogens with zero attached hydrogens (tertiary/aromatic N) is 1. The summed E-state index contributed by atoms with van der Waals surface area (Å²) in [7, 11) is 0. The number of hydrogen-bond donors (Lipinski definition) is 1. The summed E-state index contributed by atoms with van der Waals surface area (Å²) in [4.78, 5) is 26.1. The van der Waals surface area contributed by atoms with Crippen LogP contribution in [0.2, 0.25) is 0 Å². The van der Waals surface area contributed by atoms with Gasteiger partial charge in [0.1, 0.15) is 0 Å². The zero-order valence-corrected chi connectivity index (χ0v) is 13.5. The van der Waals surface area contributed by atoms with Crippen molar-refractivity contribution in [2.24, 2.45) is 5.92 Å². The number of nitrogens with one attached hydrogen (secondary N) is 1. The molecule has 1 aromatic carbocycles. The Morgan fingerprint density at radius 1 is 1.43 bits per heavy atom. The molecule has 3 rings (SSSR count). The maximum Gasteiger partial charge on any atom is 0.338 e.